The Hall–Kier alpha value is -0.960. The minimum Gasteiger partial charge on any atom is -0.388 e. The summed E-state index contributed by atoms with van der Waals surface area (Å²) in [6.07, 6.45) is 2.28. The molecule has 7 nitrogen and oxygen atoms in total. The number of nitrogens with zero attached hydrogens (tertiary/aromatic N) is 2. The van der Waals surface area contributed by atoms with Crippen LogP contribution in [-0.4, -0.2) is 48.7 Å². The molecule has 0 unspecified atom stereocenters. The number of nitrogens with one attached hydrogen (secondary N) is 1. The van der Waals surface area contributed by atoms with E-state index in [-0.39, 0.29) is 11.6 Å². The predicted octanol–water partition coefficient (Wildman–Crippen LogP) is -0.760. The van der Waals surface area contributed by atoms with Crippen molar-refractivity contribution < 1.29 is 18.3 Å². The minimum atomic E-state index is -3.64. The van der Waals surface area contributed by atoms with Crippen LogP contribution in [0.2, 0.25) is 0 Å². The van der Waals surface area contributed by atoms with Crippen LogP contribution in [-0.2, 0) is 21.8 Å². The zero-order chi connectivity index (χ0) is 13.2. The summed E-state index contributed by atoms with van der Waals surface area (Å²) in [6, 6.07) is 1.41. The summed E-state index contributed by atoms with van der Waals surface area (Å²) in [4.78, 5) is 0. The lowest BCUT2D eigenvalue weighted by molar-refractivity contribution is -0.0588. The van der Waals surface area contributed by atoms with Crippen LogP contribution in [0.4, 0.5) is 0 Å². The van der Waals surface area contributed by atoms with E-state index in [0.717, 1.165) is 0 Å². The van der Waals surface area contributed by atoms with E-state index < -0.39 is 15.6 Å². The van der Waals surface area contributed by atoms with Gasteiger partial charge in [-0.1, -0.05) is 0 Å². The first-order valence-electron chi connectivity index (χ1n) is 5.71. The molecule has 0 atom stereocenters. The third kappa shape index (κ3) is 2.89. The van der Waals surface area contributed by atoms with E-state index in [2.05, 4.69) is 9.82 Å². The van der Waals surface area contributed by atoms with Crippen molar-refractivity contribution in [3.63, 3.8) is 0 Å². The molecule has 2 rings (SSSR count). The van der Waals surface area contributed by atoms with E-state index in [9.17, 15) is 13.5 Å². The average Bonchev–Trinajstić information content (AvgIpc) is 2.75. The highest BCUT2D eigenvalue weighted by Crippen LogP contribution is 2.20. The fourth-order valence-electron chi connectivity index (χ4n) is 1.86. The first-order chi connectivity index (χ1) is 8.43. The van der Waals surface area contributed by atoms with Crippen molar-refractivity contribution in [2.45, 2.75) is 23.5 Å². The van der Waals surface area contributed by atoms with Crippen LogP contribution in [0.3, 0.4) is 0 Å². The van der Waals surface area contributed by atoms with Crippen LogP contribution in [0.15, 0.2) is 17.3 Å². The fourth-order valence-corrected chi connectivity index (χ4v) is 3.10. The van der Waals surface area contributed by atoms with Gasteiger partial charge in [-0.25, -0.2) is 13.1 Å². The Kier molecular flexibility index (Phi) is 3.71. The summed E-state index contributed by atoms with van der Waals surface area (Å²) >= 11 is 0. The highest BCUT2D eigenvalue weighted by atomic mass is 32.2. The SMILES string of the molecule is Cn1nccc1S(=O)(=O)NCC1(O)CCOCC1. The molecule has 1 aliphatic rings. The van der Waals surface area contributed by atoms with Gasteiger partial charge in [0.2, 0.25) is 0 Å². The van der Waals surface area contributed by atoms with Crippen LogP contribution in [0.25, 0.3) is 0 Å². The second kappa shape index (κ2) is 4.96. The standard InChI is InChI=1S/C10H17N3O4S/c1-13-9(2-5-11-13)18(15,16)12-8-10(14)3-6-17-7-4-10/h2,5,12,14H,3-4,6-8H2,1H3. The number of aromatic nitrogens is 2. The van der Waals surface area contributed by atoms with E-state index in [4.69, 9.17) is 4.74 Å². The van der Waals surface area contributed by atoms with Crippen LogP contribution < -0.4 is 4.72 Å². The third-order valence-electron chi connectivity index (χ3n) is 3.07. The maximum atomic E-state index is 12.0. The van der Waals surface area contributed by atoms with Gasteiger partial charge in [-0.2, -0.15) is 5.10 Å². The molecule has 0 saturated carbocycles. The maximum absolute atomic E-state index is 12.0. The van der Waals surface area contributed by atoms with Gasteiger partial charge in [-0.3, -0.25) is 4.68 Å². The number of rotatable bonds is 4. The molecule has 8 heteroatoms. The Morgan fingerprint density at radius 1 is 1.56 bits per heavy atom. The van der Waals surface area contributed by atoms with Crippen molar-refractivity contribution in [1.82, 2.24) is 14.5 Å². The van der Waals surface area contributed by atoms with Gasteiger partial charge in [0.1, 0.15) is 0 Å². The van der Waals surface area contributed by atoms with Crippen molar-refractivity contribution in [3.05, 3.63) is 12.3 Å². The average molecular weight is 275 g/mol. The van der Waals surface area contributed by atoms with E-state index in [1.54, 1.807) is 7.05 Å². The van der Waals surface area contributed by atoms with E-state index >= 15 is 0 Å². The molecule has 0 bridgehead atoms. The summed E-state index contributed by atoms with van der Waals surface area (Å²) in [5, 5.41) is 14.1. The molecular formula is C10H17N3O4S. The molecule has 1 saturated heterocycles. The Bertz CT molecular complexity index is 505. The van der Waals surface area contributed by atoms with Crippen molar-refractivity contribution in [1.29, 1.82) is 0 Å². The zero-order valence-electron chi connectivity index (χ0n) is 10.2. The van der Waals surface area contributed by atoms with Crippen molar-refractivity contribution in [2.24, 2.45) is 7.05 Å². The van der Waals surface area contributed by atoms with Gasteiger partial charge in [0.25, 0.3) is 10.0 Å². The van der Waals surface area contributed by atoms with Crippen molar-refractivity contribution >= 4 is 10.0 Å². The lowest BCUT2D eigenvalue weighted by atomic mass is 9.95. The monoisotopic (exact) mass is 275 g/mol. The lowest BCUT2D eigenvalue weighted by Crippen LogP contribution is -2.46. The Balaban J connectivity index is 2.03. The summed E-state index contributed by atoms with van der Waals surface area (Å²) in [5.41, 5.74) is -1.02. The predicted molar refractivity (Wildman–Crippen MR) is 63.4 cm³/mol. The Labute approximate surface area is 106 Å². The summed E-state index contributed by atoms with van der Waals surface area (Å²) in [6.45, 7) is 0.887. The van der Waals surface area contributed by atoms with Gasteiger partial charge in [0, 0.05) is 39.6 Å². The first kappa shape index (κ1) is 13.5. The molecule has 18 heavy (non-hydrogen) atoms. The molecule has 0 radical (unpaired) electrons. The maximum Gasteiger partial charge on any atom is 0.257 e. The van der Waals surface area contributed by atoms with Gasteiger partial charge < -0.3 is 9.84 Å². The molecule has 2 N–H and O–H groups in total. The topological polar surface area (TPSA) is 93.5 Å². The number of hydrogen-bond donors (Lipinski definition) is 2. The van der Waals surface area contributed by atoms with E-state index in [1.807, 2.05) is 0 Å². The Morgan fingerprint density at radius 3 is 2.78 bits per heavy atom. The number of hydrogen-bond acceptors (Lipinski definition) is 5. The van der Waals surface area contributed by atoms with Crippen LogP contribution >= 0.6 is 0 Å². The molecule has 102 valence electrons. The van der Waals surface area contributed by atoms with Crippen LogP contribution in [0.1, 0.15) is 12.8 Å². The van der Waals surface area contributed by atoms with Gasteiger partial charge in [0.05, 0.1) is 11.8 Å². The summed E-state index contributed by atoms with van der Waals surface area (Å²) in [5.74, 6) is 0. The molecule has 1 fully saturated rings. The third-order valence-corrected chi connectivity index (χ3v) is 4.54. The number of sulfonamides is 1. The molecule has 2 heterocycles. The molecular weight excluding hydrogens is 258 g/mol. The normalized spacial score (nSPS) is 19.9. The van der Waals surface area contributed by atoms with Crippen LogP contribution in [0, 0.1) is 0 Å². The quantitative estimate of drug-likeness (QED) is 0.753. The second-order valence-electron chi connectivity index (χ2n) is 4.45. The molecule has 1 aromatic heterocycles. The smallest absolute Gasteiger partial charge is 0.257 e. The molecule has 1 aromatic rings. The van der Waals surface area contributed by atoms with E-state index in [1.165, 1.54) is 16.9 Å². The number of ether oxygens (including phenoxy) is 1. The van der Waals surface area contributed by atoms with Gasteiger partial charge in [-0.05, 0) is 6.07 Å². The Morgan fingerprint density at radius 2 is 2.22 bits per heavy atom. The molecule has 0 amide bonds. The zero-order valence-corrected chi connectivity index (χ0v) is 11.0. The highest BCUT2D eigenvalue weighted by Gasteiger charge is 2.32. The molecule has 0 aliphatic carbocycles. The van der Waals surface area contributed by atoms with Gasteiger partial charge >= 0.3 is 0 Å². The number of aliphatic hydroxyl groups is 1. The molecule has 0 spiro atoms. The summed E-state index contributed by atoms with van der Waals surface area (Å²) in [7, 11) is -2.08. The van der Waals surface area contributed by atoms with E-state index in [0.29, 0.717) is 26.1 Å². The molecule has 1 aliphatic heterocycles. The van der Waals surface area contributed by atoms with Crippen molar-refractivity contribution in [2.75, 3.05) is 19.8 Å². The second-order valence-corrected chi connectivity index (χ2v) is 6.17. The lowest BCUT2D eigenvalue weighted by Gasteiger charge is -2.31. The van der Waals surface area contributed by atoms with Crippen LogP contribution in [0.5, 0.6) is 0 Å². The van der Waals surface area contributed by atoms with Crippen molar-refractivity contribution in [3.8, 4) is 0 Å². The number of aryl methyl sites for hydroxylation is 1. The van der Waals surface area contributed by atoms with Gasteiger partial charge in [0.15, 0.2) is 5.03 Å². The van der Waals surface area contributed by atoms with Gasteiger partial charge in [-0.15, -0.1) is 0 Å². The first-order valence-corrected chi connectivity index (χ1v) is 7.19. The largest absolute Gasteiger partial charge is 0.388 e. The minimum absolute atomic E-state index is 0.0100. The fraction of sp³-hybridized carbons (Fsp3) is 0.700. The highest BCUT2D eigenvalue weighted by molar-refractivity contribution is 7.89. The molecule has 0 aromatic carbocycles. The summed E-state index contributed by atoms with van der Waals surface area (Å²) < 4.78 is 32.8.